The maximum absolute atomic E-state index is 13.4. The van der Waals surface area contributed by atoms with Crippen LogP contribution < -0.4 is 19.5 Å². The molecule has 2 N–H and O–H groups in total. The summed E-state index contributed by atoms with van der Waals surface area (Å²) in [6, 6.07) is 14.8. The highest BCUT2D eigenvalue weighted by molar-refractivity contribution is 9.09. The Bertz CT molecular complexity index is 1380. The van der Waals surface area contributed by atoms with Crippen molar-refractivity contribution < 1.29 is 28.9 Å². The lowest BCUT2D eigenvalue weighted by Gasteiger charge is -2.35. The van der Waals surface area contributed by atoms with Crippen molar-refractivity contribution in [3.05, 3.63) is 76.1 Å². The predicted molar refractivity (Wildman–Crippen MR) is 153 cm³/mol. The molecule has 2 aliphatic rings. The van der Waals surface area contributed by atoms with E-state index in [0.29, 0.717) is 47.3 Å². The molecule has 8 nitrogen and oxygen atoms in total. The molecule has 2 aromatic rings. The van der Waals surface area contributed by atoms with Crippen LogP contribution in [0.4, 0.5) is 0 Å². The molecule has 3 unspecified atom stereocenters. The first-order chi connectivity index (χ1) is 19.2. The van der Waals surface area contributed by atoms with Crippen molar-refractivity contribution >= 4 is 27.7 Å². The fourth-order valence-electron chi connectivity index (χ4n) is 5.32. The van der Waals surface area contributed by atoms with E-state index in [1.165, 1.54) is 0 Å². The lowest BCUT2D eigenvalue weighted by Crippen LogP contribution is -2.34. The summed E-state index contributed by atoms with van der Waals surface area (Å²) >= 11 is 3.57. The largest absolute Gasteiger partial charge is 0.490 e. The molecule has 4 rings (SSSR count). The zero-order valence-corrected chi connectivity index (χ0v) is 24.4. The van der Waals surface area contributed by atoms with Crippen molar-refractivity contribution in [2.24, 2.45) is 5.92 Å². The third-order valence-electron chi connectivity index (χ3n) is 7.07. The van der Waals surface area contributed by atoms with Gasteiger partial charge in [-0.2, -0.15) is 5.26 Å². The van der Waals surface area contributed by atoms with Gasteiger partial charge in [-0.1, -0.05) is 31.5 Å². The number of aliphatic carboxylic acids is 1. The van der Waals surface area contributed by atoms with Gasteiger partial charge in [-0.15, -0.1) is 0 Å². The van der Waals surface area contributed by atoms with Gasteiger partial charge in [-0.25, -0.2) is 4.79 Å². The van der Waals surface area contributed by atoms with Gasteiger partial charge in [0.05, 0.1) is 24.2 Å². The topological polar surface area (TPSA) is 118 Å². The Kier molecular flexibility index (Phi) is 9.54. The number of dihydropyridines is 1. The van der Waals surface area contributed by atoms with E-state index < -0.39 is 23.5 Å². The molecule has 0 amide bonds. The summed E-state index contributed by atoms with van der Waals surface area (Å²) in [5.74, 6) is 0.332. The highest BCUT2D eigenvalue weighted by Crippen LogP contribution is 2.46. The number of rotatable bonds is 11. The SMILES string of the molecule is CCCC1CC(=O)C2=C(C1)NC(C)=C(C#N)C2c1ccc(OC(Br)c2ccc(OCC(=O)O)cc2)c(OCC)c1. The number of carboxylic acids is 1. The molecule has 1 aliphatic carbocycles. The lowest BCUT2D eigenvalue weighted by molar-refractivity contribution is -0.139. The average molecular weight is 610 g/mol. The molecule has 0 fully saturated rings. The van der Waals surface area contributed by atoms with Gasteiger partial charge in [0.1, 0.15) is 5.75 Å². The number of ketones is 1. The van der Waals surface area contributed by atoms with Crippen LogP contribution in [0.25, 0.3) is 0 Å². The van der Waals surface area contributed by atoms with E-state index in [2.05, 4.69) is 34.2 Å². The number of nitrogens with zero attached hydrogens (tertiary/aromatic N) is 1. The van der Waals surface area contributed by atoms with Gasteiger partial charge in [-0.3, -0.25) is 4.79 Å². The van der Waals surface area contributed by atoms with Gasteiger partial charge in [0, 0.05) is 29.0 Å². The van der Waals surface area contributed by atoms with Gasteiger partial charge < -0.3 is 24.6 Å². The van der Waals surface area contributed by atoms with Crippen molar-refractivity contribution in [3.63, 3.8) is 0 Å². The van der Waals surface area contributed by atoms with E-state index in [0.717, 1.165) is 41.8 Å². The van der Waals surface area contributed by atoms with E-state index in [1.54, 1.807) is 30.3 Å². The molecule has 0 saturated heterocycles. The van der Waals surface area contributed by atoms with Crippen LogP contribution in [0.2, 0.25) is 0 Å². The molecule has 0 aromatic heterocycles. The molecular weight excluding hydrogens is 576 g/mol. The number of ether oxygens (including phenoxy) is 3. The normalized spacial score (nSPS) is 19.3. The van der Waals surface area contributed by atoms with Crippen molar-refractivity contribution in [1.82, 2.24) is 5.32 Å². The molecule has 0 saturated carbocycles. The Morgan fingerprint density at radius 3 is 2.55 bits per heavy atom. The average Bonchev–Trinajstić information content (AvgIpc) is 2.92. The second-order valence-corrected chi connectivity index (χ2v) is 10.7. The number of Topliss-reactive ketones (excluding diaryl/α,β-unsaturated/α-hetero) is 1. The summed E-state index contributed by atoms with van der Waals surface area (Å²) in [4.78, 5) is 24.1. The lowest BCUT2D eigenvalue weighted by atomic mass is 9.72. The highest BCUT2D eigenvalue weighted by atomic mass is 79.9. The number of allylic oxidation sites excluding steroid dienone is 4. The minimum Gasteiger partial charge on any atom is -0.490 e. The fourth-order valence-corrected chi connectivity index (χ4v) is 5.83. The standard InChI is InChI=1S/C31H33BrN2O6/c1-4-6-19-13-24-30(25(35)14-19)29(23(16-33)18(3)34-24)21-9-12-26(27(15-21)38-5-2)40-31(32)20-7-10-22(11-8-20)39-17-28(36)37/h7-12,15,19,29,31,34H,4-6,13-14,17H2,1-3H3,(H,36,37). The molecule has 0 spiro atoms. The number of halogens is 1. The summed E-state index contributed by atoms with van der Waals surface area (Å²) in [5, 5.41) is 21.7. The van der Waals surface area contributed by atoms with Crippen LogP contribution >= 0.6 is 15.9 Å². The summed E-state index contributed by atoms with van der Waals surface area (Å²) in [6.07, 6.45) is 3.31. The van der Waals surface area contributed by atoms with Crippen LogP contribution in [0.15, 0.2) is 65.0 Å². The Labute approximate surface area is 242 Å². The number of carbonyl (C=O) groups is 2. The molecule has 40 heavy (non-hydrogen) atoms. The number of carbonyl (C=O) groups excluding carboxylic acids is 1. The molecular formula is C31H33BrN2O6. The third-order valence-corrected chi connectivity index (χ3v) is 7.78. The molecule has 3 atom stereocenters. The monoisotopic (exact) mass is 608 g/mol. The van der Waals surface area contributed by atoms with Gasteiger partial charge in [0.25, 0.3) is 0 Å². The third kappa shape index (κ3) is 6.50. The maximum Gasteiger partial charge on any atom is 0.341 e. The van der Waals surface area contributed by atoms with Gasteiger partial charge >= 0.3 is 5.97 Å². The summed E-state index contributed by atoms with van der Waals surface area (Å²) in [7, 11) is 0. The molecule has 1 aliphatic heterocycles. The van der Waals surface area contributed by atoms with Crippen molar-refractivity contribution in [3.8, 4) is 23.3 Å². The Morgan fingerprint density at radius 2 is 1.90 bits per heavy atom. The molecule has 1 heterocycles. The van der Waals surface area contributed by atoms with Crippen molar-refractivity contribution in [2.45, 2.75) is 57.4 Å². The zero-order chi connectivity index (χ0) is 28.8. The maximum atomic E-state index is 13.4. The first-order valence-electron chi connectivity index (χ1n) is 13.4. The number of alkyl halides is 1. The minimum absolute atomic E-state index is 0.0899. The van der Waals surface area contributed by atoms with Crippen molar-refractivity contribution in [2.75, 3.05) is 13.2 Å². The molecule has 0 radical (unpaired) electrons. The molecule has 2 aromatic carbocycles. The summed E-state index contributed by atoms with van der Waals surface area (Å²) in [6.45, 7) is 5.89. The Morgan fingerprint density at radius 1 is 1.15 bits per heavy atom. The molecule has 210 valence electrons. The number of carboxylic acid groups (broad SMARTS) is 1. The first-order valence-corrected chi connectivity index (χ1v) is 14.3. The van der Waals surface area contributed by atoms with Gasteiger partial charge in [0.15, 0.2) is 28.9 Å². The number of benzene rings is 2. The Hall–Kier alpha value is -3.77. The van der Waals surface area contributed by atoms with Crippen LogP contribution in [0, 0.1) is 17.2 Å². The first kappa shape index (κ1) is 29.2. The van der Waals surface area contributed by atoms with Crippen molar-refractivity contribution in [1.29, 1.82) is 5.26 Å². The smallest absolute Gasteiger partial charge is 0.341 e. The second-order valence-electron chi connectivity index (χ2n) is 9.91. The van der Waals surface area contributed by atoms with E-state index >= 15 is 0 Å². The van der Waals surface area contributed by atoms with E-state index in [9.17, 15) is 14.9 Å². The van der Waals surface area contributed by atoms with Crippen LogP contribution in [-0.2, 0) is 9.59 Å². The van der Waals surface area contributed by atoms with Crippen LogP contribution in [0.5, 0.6) is 17.2 Å². The fraction of sp³-hybridized carbons (Fsp3) is 0.387. The Balaban J connectivity index is 1.63. The van der Waals surface area contributed by atoms with Crippen LogP contribution in [0.1, 0.15) is 68.5 Å². The van der Waals surface area contributed by atoms with Crippen LogP contribution in [-0.4, -0.2) is 30.1 Å². The molecule has 0 bridgehead atoms. The van der Waals surface area contributed by atoms with E-state index in [4.69, 9.17) is 19.3 Å². The highest BCUT2D eigenvalue weighted by Gasteiger charge is 2.38. The van der Waals surface area contributed by atoms with Crippen LogP contribution in [0.3, 0.4) is 0 Å². The van der Waals surface area contributed by atoms with E-state index in [1.807, 2.05) is 26.0 Å². The summed E-state index contributed by atoms with van der Waals surface area (Å²) in [5.41, 5.74) is 4.49. The zero-order valence-electron chi connectivity index (χ0n) is 22.8. The number of hydrogen-bond donors (Lipinski definition) is 2. The number of nitriles is 1. The second kappa shape index (κ2) is 13.1. The van der Waals surface area contributed by atoms with Gasteiger partial charge in [0.2, 0.25) is 0 Å². The number of hydrogen-bond acceptors (Lipinski definition) is 7. The van der Waals surface area contributed by atoms with E-state index in [-0.39, 0.29) is 5.78 Å². The molecule has 9 heteroatoms. The van der Waals surface area contributed by atoms with Gasteiger partial charge in [-0.05, 0) is 78.4 Å². The quantitative estimate of drug-likeness (QED) is 0.276. The predicted octanol–water partition coefficient (Wildman–Crippen LogP) is 6.54. The number of nitrogens with one attached hydrogen (secondary N) is 1. The summed E-state index contributed by atoms with van der Waals surface area (Å²) < 4.78 is 17.3. The minimum atomic E-state index is -1.05.